The molecule has 1 fully saturated rings. The molecule has 0 bridgehead atoms. The number of nitrogens with one attached hydrogen (secondary N) is 1. The number of hydrogen-bond donors (Lipinski definition) is 1. The molecule has 1 saturated heterocycles. The van der Waals surface area contributed by atoms with Crippen LogP contribution in [0, 0.1) is 6.92 Å². The molecule has 1 amide bonds. The minimum Gasteiger partial charge on any atom is -1.00 e. The topological polar surface area (TPSA) is 62.1 Å². The third kappa shape index (κ3) is 3.04. The molecule has 126 valence electrons. The highest BCUT2D eigenvalue weighted by Crippen LogP contribution is 2.28. The second-order valence-electron chi connectivity index (χ2n) is 6.19. The maximum absolute atomic E-state index is 12.3. The number of carbonyl (C=O) groups is 1. The van der Waals surface area contributed by atoms with E-state index in [0.29, 0.717) is 11.7 Å². The van der Waals surface area contributed by atoms with Gasteiger partial charge in [-0.1, -0.05) is 6.07 Å². The number of aromatic amines is 1. The number of aromatic nitrogens is 2. The van der Waals surface area contributed by atoms with Crippen LogP contribution in [0.5, 0.6) is 0 Å². The summed E-state index contributed by atoms with van der Waals surface area (Å²) in [6.45, 7) is 3.55. The Morgan fingerprint density at radius 1 is 1.29 bits per heavy atom. The summed E-state index contributed by atoms with van der Waals surface area (Å²) in [7, 11) is 0. The third-order valence-electron chi connectivity index (χ3n) is 4.56. The molecule has 5 nitrogen and oxygen atoms in total. The van der Waals surface area contributed by atoms with Gasteiger partial charge < -0.3 is 26.7 Å². The number of benzene rings is 1. The van der Waals surface area contributed by atoms with Crippen LogP contribution >= 0.6 is 0 Å². The molecule has 0 aliphatic carbocycles. The van der Waals surface area contributed by atoms with Crippen molar-refractivity contribution in [1.82, 2.24) is 14.9 Å². The number of furan rings is 1. The molecule has 4 rings (SSSR count). The molecule has 1 N–H and O–H groups in total. The van der Waals surface area contributed by atoms with Gasteiger partial charge in [-0.2, -0.15) is 0 Å². The van der Waals surface area contributed by atoms with Gasteiger partial charge >= 0.3 is 0 Å². The normalized spacial score (nSPS) is 15.5. The van der Waals surface area contributed by atoms with Crippen molar-refractivity contribution < 1.29 is 21.6 Å². The van der Waals surface area contributed by atoms with Crippen LogP contribution in [-0.2, 0) is 0 Å². The Balaban J connectivity index is 0.00000169. The molecule has 0 unspecified atom stereocenters. The number of aryl methyl sites for hydroxylation is 1. The molecule has 0 spiro atoms. The number of piperidine rings is 1. The van der Waals surface area contributed by atoms with Crippen molar-refractivity contribution in [2.24, 2.45) is 0 Å². The zero-order valence-corrected chi connectivity index (χ0v) is 14.2. The summed E-state index contributed by atoms with van der Waals surface area (Å²) in [5.74, 6) is 1.82. The van der Waals surface area contributed by atoms with Crippen molar-refractivity contribution in [3.8, 4) is 0 Å². The highest BCUT2D eigenvalue weighted by Gasteiger charge is 2.27. The van der Waals surface area contributed by atoms with Crippen LogP contribution in [0.3, 0.4) is 0 Å². The van der Waals surface area contributed by atoms with Gasteiger partial charge in [0, 0.05) is 19.0 Å². The quantitative estimate of drug-likeness (QED) is 0.736. The van der Waals surface area contributed by atoms with Gasteiger partial charge in [0.25, 0.3) is 5.91 Å². The van der Waals surface area contributed by atoms with Crippen LogP contribution in [0.1, 0.15) is 40.7 Å². The lowest BCUT2D eigenvalue weighted by Crippen LogP contribution is -3.00. The van der Waals surface area contributed by atoms with Crippen molar-refractivity contribution in [2.45, 2.75) is 25.7 Å². The Hall–Kier alpha value is -2.27. The average molecular weight is 345 g/mol. The molecule has 1 aliphatic heterocycles. The highest BCUT2D eigenvalue weighted by atomic mass is 35.5. The molecule has 0 atom stereocenters. The largest absolute Gasteiger partial charge is 1.00 e. The molecule has 3 aromatic rings. The first kappa shape index (κ1) is 16.6. The number of amides is 1. The Bertz CT molecular complexity index is 833. The van der Waals surface area contributed by atoms with Crippen molar-refractivity contribution in [2.75, 3.05) is 13.1 Å². The minimum absolute atomic E-state index is 0. The lowest BCUT2D eigenvalue weighted by Gasteiger charge is -2.30. The Morgan fingerprint density at radius 3 is 2.79 bits per heavy atom. The molecular weight excluding hydrogens is 326 g/mol. The van der Waals surface area contributed by atoms with E-state index in [0.717, 1.165) is 42.8 Å². The van der Waals surface area contributed by atoms with Gasteiger partial charge in [-0.15, -0.1) is 0 Å². The number of hydrogen-bond acceptors (Lipinski definition) is 3. The van der Waals surface area contributed by atoms with E-state index in [1.165, 1.54) is 11.8 Å². The van der Waals surface area contributed by atoms with Crippen LogP contribution in [0.4, 0.5) is 0 Å². The monoisotopic (exact) mass is 344 g/mol. The number of H-pyrrole nitrogens is 1. The molecule has 0 radical (unpaired) electrons. The maximum atomic E-state index is 12.3. The van der Waals surface area contributed by atoms with Gasteiger partial charge in [0.15, 0.2) is 5.76 Å². The summed E-state index contributed by atoms with van der Waals surface area (Å²) < 4.78 is 5.20. The molecule has 6 heteroatoms. The van der Waals surface area contributed by atoms with E-state index in [9.17, 15) is 4.79 Å². The van der Waals surface area contributed by atoms with E-state index in [4.69, 9.17) is 9.40 Å². The van der Waals surface area contributed by atoms with Crippen LogP contribution in [0.25, 0.3) is 11.0 Å². The van der Waals surface area contributed by atoms with Crippen LogP contribution in [0.15, 0.2) is 41.0 Å². The van der Waals surface area contributed by atoms with Crippen LogP contribution in [-0.4, -0.2) is 33.9 Å². The van der Waals surface area contributed by atoms with E-state index in [-0.39, 0.29) is 18.3 Å². The fourth-order valence-corrected chi connectivity index (χ4v) is 3.25. The molecule has 24 heavy (non-hydrogen) atoms. The summed E-state index contributed by atoms with van der Waals surface area (Å²) in [5, 5.41) is 0. The van der Waals surface area contributed by atoms with Crippen molar-refractivity contribution in [3.63, 3.8) is 0 Å². The molecule has 0 saturated carbocycles. The molecule has 3 heterocycles. The van der Waals surface area contributed by atoms with Gasteiger partial charge in [-0.3, -0.25) is 4.79 Å². The number of imidazole rings is 1. The summed E-state index contributed by atoms with van der Waals surface area (Å²) >= 11 is 0. The second-order valence-corrected chi connectivity index (χ2v) is 6.19. The smallest absolute Gasteiger partial charge is 0.289 e. The van der Waals surface area contributed by atoms with E-state index in [1.54, 1.807) is 12.1 Å². The number of likely N-dealkylation sites (tertiary alicyclic amines) is 1. The number of rotatable bonds is 2. The van der Waals surface area contributed by atoms with Gasteiger partial charge in [-0.05, 0) is 49.6 Å². The van der Waals surface area contributed by atoms with Gasteiger partial charge in [0.05, 0.1) is 17.3 Å². The van der Waals surface area contributed by atoms with Gasteiger partial charge in [0.2, 0.25) is 0 Å². The van der Waals surface area contributed by atoms with E-state index in [2.05, 4.69) is 30.1 Å². The van der Waals surface area contributed by atoms with E-state index in [1.807, 2.05) is 4.90 Å². The molecule has 2 aromatic heterocycles. The summed E-state index contributed by atoms with van der Waals surface area (Å²) in [5.41, 5.74) is 3.33. The molecule has 1 aromatic carbocycles. The Labute approximate surface area is 146 Å². The van der Waals surface area contributed by atoms with Crippen molar-refractivity contribution >= 4 is 16.9 Å². The molecular formula is C18H19ClN3O2-. The van der Waals surface area contributed by atoms with E-state index >= 15 is 0 Å². The maximum Gasteiger partial charge on any atom is 0.289 e. The fourth-order valence-electron chi connectivity index (χ4n) is 3.25. The number of nitrogens with zero attached hydrogens (tertiary/aromatic N) is 2. The summed E-state index contributed by atoms with van der Waals surface area (Å²) in [6, 6.07) is 9.73. The fraction of sp³-hybridized carbons (Fsp3) is 0.333. The average Bonchev–Trinajstić information content (AvgIpc) is 3.23. The van der Waals surface area contributed by atoms with Crippen LogP contribution < -0.4 is 12.4 Å². The van der Waals surface area contributed by atoms with E-state index < -0.39 is 0 Å². The number of carbonyl (C=O) groups excluding carboxylic acids is 1. The summed E-state index contributed by atoms with van der Waals surface area (Å²) in [6.07, 6.45) is 3.38. The Kier molecular flexibility index (Phi) is 4.62. The van der Waals surface area contributed by atoms with Gasteiger partial charge in [0.1, 0.15) is 5.82 Å². The standard InChI is InChI=1S/C18H19N3O2.ClH/c1-12-4-5-14-15(11-12)20-17(19-14)13-6-8-21(9-7-13)18(22)16-3-2-10-23-16;/h2-5,10-11,13H,6-9H2,1H3,(H,19,20);1H/p-1. The SMILES string of the molecule is Cc1ccc2nc(C3CCN(C(=O)c4ccco4)CC3)[nH]c2c1.[Cl-]. The zero-order valence-electron chi connectivity index (χ0n) is 13.5. The molecule has 1 aliphatic rings. The first-order valence-corrected chi connectivity index (χ1v) is 8.00. The zero-order chi connectivity index (χ0) is 15.8. The van der Waals surface area contributed by atoms with Gasteiger partial charge in [-0.25, -0.2) is 4.98 Å². The second kappa shape index (κ2) is 6.69. The Morgan fingerprint density at radius 2 is 2.08 bits per heavy atom. The van der Waals surface area contributed by atoms with Crippen molar-refractivity contribution in [1.29, 1.82) is 0 Å². The predicted molar refractivity (Wildman–Crippen MR) is 87.4 cm³/mol. The van der Waals surface area contributed by atoms with Crippen LogP contribution in [0.2, 0.25) is 0 Å². The first-order chi connectivity index (χ1) is 11.2. The summed E-state index contributed by atoms with van der Waals surface area (Å²) in [4.78, 5) is 22.3. The third-order valence-corrected chi connectivity index (χ3v) is 4.56. The highest BCUT2D eigenvalue weighted by molar-refractivity contribution is 5.91. The van der Waals surface area contributed by atoms with Crippen molar-refractivity contribution in [3.05, 3.63) is 53.7 Å². The minimum atomic E-state index is -0.0197. The lowest BCUT2D eigenvalue weighted by molar-refractivity contribution is -0.0000151. The number of fused-ring (bicyclic) bond motifs is 1. The first-order valence-electron chi connectivity index (χ1n) is 8.00. The predicted octanol–water partition coefficient (Wildman–Crippen LogP) is 0.488. The lowest BCUT2D eigenvalue weighted by atomic mass is 9.96. The number of halogens is 1.